The maximum absolute atomic E-state index is 13.3. The average molecular weight is 405 g/mol. The molecule has 0 radical (unpaired) electrons. The summed E-state index contributed by atoms with van der Waals surface area (Å²) in [6.45, 7) is 4.15. The van der Waals surface area contributed by atoms with E-state index in [1.807, 2.05) is 0 Å². The van der Waals surface area contributed by atoms with E-state index in [9.17, 15) is 18.8 Å². The number of amides is 1. The van der Waals surface area contributed by atoms with Crippen LogP contribution in [0, 0.1) is 23.6 Å². The van der Waals surface area contributed by atoms with E-state index >= 15 is 0 Å². The fourth-order valence-corrected chi connectivity index (χ4v) is 4.86. The van der Waals surface area contributed by atoms with Gasteiger partial charge in [-0.05, 0) is 62.6 Å². The quantitative estimate of drug-likeness (QED) is 0.491. The SMILES string of the molecule is CCOC(=O)CC(=O)N(Cc1ccc(F)cc1)[C@H]1[C@@H]2CC[C@@H](C2)[C@H]1C(=O)OCC. The van der Waals surface area contributed by atoms with Gasteiger partial charge in [0.1, 0.15) is 12.2 Å². The number of esters is 2. The highest BCUT2D eigenvalue weighted by molar-refractivity contribution is 5.94. The maximum Gasteiger partial charge on any atom is 0.315 e. The lowest BCUT2D eigenvalue weighted by atomic mass is 9.83. The first-order chi connectivity index (χ1) is 13.9. The summed E-state index contributed by atoms with van der Waals surface area (Å²) in [5, 5.41) is 0. The molecule has 4 atom stereocenters. The summed E-state index contributed by atoms with van der Waals surface area (Å²) >= 11 is 0. The Morgan fingerprint density at radius 3 is 2.34 bits per heavy atom. The monoisotopic (exact) mass is 405 g/mol. The molecule has 2 bridgehead atoms. The molecule has 7 heteroatoms. The molecule has 1 aromatic carbocycles. The number of rotatable bonds is 8. The van der Waals surface area contributed by atoms with Crippen molar-refractivity contribution in [3.63, 3.8) is 0 Å². The molecule has 0 heterocycles. The number of benzene rings is 1. The fraction of sp³-hybridized carbons (Fsp3) is 0.591. The number of halogens is 1. The number of carbonyl (C=O) groups is 3. The van der Waals surface area contributed by atoms with Crippen molar-refractivity contribution in [2.45, 2.75) is 52.1 Å². The van der Waals surface area contributed by atoms with E-state index in [0.717, 1.165) is 24.8 Å². The third kappa shape index (κ3) is 4.77. The molecular formula is C22H28FNO5. The van der Waals surface area contributed by atoms with Crippen LogP contribution in [0.4, 0.5) is 4.39 Å². The predicted molar refractivity (Wildman–Crippen MR) is 103 cm³/mol. The Morgan fingerprint density at radius 2 is 1.69 bits per heavy atom. The molecule has 158 valence electrons. The van der Waals surface area contributed by atoms with Gasteiger partial charge in [0, 0.05) is 12.6 Å². The van der Waals surface area contributed by atoms with Crippen LogP contribution in [0.3, 0.4) is 0 Å². The Bertz CT molecular complexity index is 750. The van der Waals surface area contributed by atoms with Crippen molar-refractivity contribution in [3.05, 3.63) is 35.6 Å². The molecule has 0 unspecified atom stereocenters. The summed E-state index contributed by atoms with van der Waals surface area (Å²) in [6.07, 6.45) is 2.39. The van der Waals surface area contributed by atoms with E-state index in [4.69, 9.17) is 9.47 Å². The largest absolute Gasteiger partial charge is 0.466 e. The summed E-state index contributed by atoms with van der Waals surface area (Å²) in [7, 11) is 0. The molecular weight excluding hydrogens is 377 g/mol. The van der Waals surface area contributed by atoms with Gasteiger partial charge in [-0.3, -0.25) is 14.4 Å². The van der Waals surface area contributed by atoms with Crippen molar-refractivity contribution < 1.29 is 28.2 Å². The Morgan fingerprint density at radius 1 is 1.03 bits per heavy atom. The summed E-state index contributed by atoms with van der Waals surface area (Å²) < 4.78 is 23.6. The third-order valence-electron chi connectivity index (χ3n) is 5.98. The lowest BCUT2D eigenvalue weighted by Crippen LogP contribution is -2.50. The van der Waals surface area contributed by atoms with Crippen LogP contribution in [0.2, 0.25) is 0 Å². The minimum atomic E-state index is -0.586. The molecule has 6 nitrogen and oxygen atoms in total. The summed E-state index contributed by atoms with van der Waals surface area (Å²) in [4.78, 5) is 39.3. The van der Waals surface area contributed by atoms with Crippen molar-refractivity contribution in [3.8, 4) is 0 Å². The molecule has 2 fully saturated rings. The number of carbonyl (C=O) groups excluding carboxylic acids is 3. The molecule has 29 heavy (non-hydrogen) atoms. The molecule has 3 rings (SSSR count). The van der Waals surface area contributed by atoms with Crippen molar-refractivity contribution >= 4 is 17.8 Å². The highest BCUT2D eigenvalue weighted by Crippen LogP contribution is 2.51. The van der Waals surface area contributed by atoms with E-state index in [1.165, 1.54) is 12.1 Å². The normalized spacial score (nSPS) is 24.9. The smallest absolute Gasteiger partial charge is 0.315 e. The molecule has 2 aliphatic carbocycles. The number of nitrogens with zero attached hydrogens (tertiary/aromatic N) is 1. The highest BCUT2D eigenvalue weighted by atomic mass is 19.1. The van der Waals surface area contributed by atoms with E-state index in [0.29, 0.717) is 0 Å². The zero-order valence-corrected chi connectivity index (χ0v) is 16.9. The van der Waals surface area contributed by atoms with E-state index in [1.54, 1.807) is 30.9 Å². The van der Waals surface area contributed by atoms with Crippen molar-refractivity contribution in [2.75, 3.05) is 13.2 Å². The van der Waals surface area contributed by atoms with Gasteiger partial charge >= 0.3 is 11.9 Å². The summed E-state index contributed by atoms with van der Waals surface area (Å²) in [5.74, 6) is -1.60. The number of fused-ring (bicyclic) bond motifs is 2. The molecule has 1 amide bonds. The average Bonchev–Trinajstić information content (AvgIpc) is 3.29. The first-order valence-corrected chi connectivity index (χ1v) is 10.3. The fourth-order valence-electron chi connectivity index (χ4n) is 4.86. The lowest BCUT2D eigenvalue weighted by Gasteiger charge is -2.38. The molecule has 2 saturated carbocycles. The second-order valence-electron chi connectivity index (χ2n) is 7.73. The van der Waals surface area contributed by atoms with E-state index < -0.39 is 5.97 Å². The first kappa shape index (κ1) is 21.3. The van der Waals surface area contributed by atoms with Gasteiger partial charge in [-0.1, -0.05) is 12.1 Å². The molecule has 0 aliphatic heterocycles. The first-order valence-electron chi connectivity index (χ1n) is 10.3. The number of hydrogen-bond donors (Lipinski definition) is 0. The minimum absolute atomic E-state index is 0.190. The van der Waals surface area contributed by atoms with Crippen LogP contribution in [-0.2, 0) is 30.4 Å². The Balaban J connectivity index is 1.88. The molecule has 2 aliphatic rings. The van der Waals surface area contributed by atoms with Gasteiger partial charge in [0.25, 0.3) is 0 Å². The predicted octanol–water partition coefficient (Wildman–Crippen LogP) is 3.09. The third-order valence-corrected chi connectivity index (χ3v) is 5.98. The highest BCUT2D eigenvalue weighted by Gasteiger charge is 2.54. The zero-order valence-electron chi connectivity index (χ0n) is 16.9. The van der Waals surface area contributed by atoms with Gasteiger partial charge in [0.2, 0.25) is 5.91 Å². The Hall–Kier alpha value is -2.44. The summed E-state index contributed by atoms with van der Waals surface area (Å²) in [5.41, 5.74) is 0.744. The van der Waals surface area contributed by atoms with Gasteiger partial charge in [0.15, 0.2) is 0 Å². The van der Waals surface area contributed by atoms with Crippen LogP contribution in [0.1, 0.15) is 45.1 Å². The zero-order chi connectivity index (χ0) is 21.0. The lowest BCUT2D eigenvalue weighted by molar-refractivity contribution is -0.156. The molecule has 0 saturated heterocycles. The van der Waals surface area contributed by atoms with Gasteiger partial charge in [-0.25, -0.2) is 4.39 Å². The van der Waals surface area contributed by atoms with Crippen LogP contribution in [0.25, 0.3) is 0 Å². The molecule has 0 spiro atoms. The van der Waals surface area contributed by atoms with Crippen molar-refractivity contribution in [2.24, 2.45) is 17.8 Å². The minimum Gasteiger partial charge on any atom is -0.466 e. The second-order valence-corrected chi connectivity index (χ2v) is 7.73. The van der Waals surface area contributed by atoms with Gasteiger partial charge < -0.3 is 14.4 Å². The van der Waals surface area contributed by atoms with Crippen LogP contribution in [0.15, 0.2) is 24.3 Å². The van der Waals surface area contributed by atoms with E-state index in [-0.39, 0.29) is 67.7 Å². The Labute approximate surface area is 170 Å². The van der Waals surface area contributed by atoms with Crippen molar-refractivity contribution in [1.82, 2.24) is 4.90 Å². The van der Waals surface area contributed by atoms with Crippen LogP contribution >= 0.6 is 0 Å². The van der Waals surface area contributed by atoms with E-state index in [2.05, 4.69) is 0 Å². The maximum atomic E-state index is 13.3. The number of ether oxygens (including phenoxy) is 2. The van der Waals surface area contributed by atoms with Gasteiger partial charge in [-0.2, -0.15) is 0 Å². The molecule has 1 aromatic rings. The summed E-state index contributed by atoms with van der Waals surface area (Å²) in [6, 6.07) is 5.60. The van der Waals surface area contributed by atoms with Crippen LogP contribution in [0.5, 0.6) is 0 Å². The standard InChI is InChI=1S/C22H28FNO5/c1-3-28-19(26)12-18(25)24(13-14-5-9-17(23)10-6-14)21-16-8-7-15(11-16)20(21)22(27)29-4-2/h5-6,9-10,15-16,20-21H,3-4,7-8,11-13H2,1-2H3/t15-,16+,20+,21-/m0/s1. The molecule has 0 N–H and O–H groups in total. The topological polar surface area (TPSA) is 72.9 Å². The number of hydrogen-bond acceptors (Lipinski definition) is 5. The van der Waals surface area contributed by atoms with Crippen molar-refractivity contribution in [1.29, 1.82) is 0 Å². The molecule has 0 aromatic heterocycles. The van der Waals surface area contributed by atoms with Gasteiger partial charge in [-0.15, -0.1) is 0 Å². The Kier molecular flexibility index (Phi) is 6.87. The van der Waals surface area contributed by atoms with Crippen LogP contribution < -0.4 is 0 Å². The van der Waals surface area contributed by atoms with Gasteiger partial charge in [0.05, 0.1) is 19.1 Å². The second kappa shape index (κ2) is 9.37. The van der Waals surface area contributed by atoms with Crippen LogP contribution in [-0.4, -0.2) is 42.0 Å².